The number of likely N-dealkylation sites (tertiary alicyclic amines) is 1. The maximum Gasteiger partial charge on any atom is 0.416 e. The number of nitrogens with zero attached hydrogens (tertiary/aromatic N) is 1. The summed E-state index contributed by atoms with van der Waals surface area (Å²) < 4.78 is 39.9. The minimum absolute atomic E-state index is 0.0355. The maximum atomic E-state index is 13.3. The number of rotatable bonds is 8. The smallest absolute Gasteiger partial charge is 0.380 e. The van der Waals surface area contributed by atoms with Crippen molar-refractivity contribution in [1.29, 1.82) is 0 Å². The zero-order chi connectivity index (χ0) is 27.4. The number of benzene rings is 2. The van der Waals surface area contributed by atoms with Crippen LogP contribution in [0.2, 0.25) is 5.02 Å². The molecule has 3 N–H and O–H groups in total. The molecule has 0 radical (unpaired) electrons. The topological polar surface area (TPSA) is 89.9 Å². The van der Waals surface area contributed by atoms with Gasteiger partial charge in [-0.15, -0.1) is 11.8 Å². The molecule has 1 fully saturated rings. The van der Waals surface area contributed by atoms with Crippen LogP contribution >= 0.6 is 23.4 Å². The van der Waals surface area contributed by atoms with E-state index in [9.17, 15) is 33.0 Å². The van der Waals surface area contributed by atoms with E-state index >= 15 is 0 Å². The molecule has 0 aromatic heterocycles. The highest BCUT2D eigenvalue weighted by Crippen LogP contribution is 2.38. The van der Waals surface area contributed by atoms with Crippen molar-refractivity contribution >= 4 is 35.2 Å². The van der Waals surface area contributed by atoms with Crippen molar-refractivity contribution in [1.82, 2.24) is 10.2 Å². The molecule has 2 aliphatic rings. The number of halogens is 4. The van der Waals surface area contributed by atoms with E-state index in [1.54, 1.807) is 24.3 Å². The third-order valence-corrected chi connectivity index (χ3v) is 8.26. The predicted molar refractivity (Wildman–Crippen MR) is 139 cm³/mol. The van der Waals surface area contributed by atoms with Crippen molar-refractivity contribution in [2.75, 3.05) is 13.1 Å². The van der Waals surface area contributed by atoms with Crippen molar-refractivity contribution in [3.63, 3.8) is 0 Å². The Bertz CT molecular complexity index is 1210. The number of carbonyl (C=O) groups excluding carboxylic acids is 2. The summed E-state index contributed by atoms with van der Waals surface area (Å²) in [4.78, 5) is 27.6. The minimum Gasteiger partial charge on any atom is -0.380 e. The van der Waals surface area contributed by atoms with Gasteiger partial charge >= 0.3 is 6.18 Å². The van der Waals surface area contributed by atoms with Gasteiger partial charge < -0.3 is 20.4 Å². The molecule has 1 saturated heterocycles. The molecule has 2 aliphatic heterocycles. The van der Waals surface area contributed by atoms with Gasteiger partial charge in [-0.3, -0.25) is 9.59 Å². The molecule has 0 bridgehead atoms. The fourth-order valence-electron chi connectivity index (χ4n) is 4.85. The Labute approximate surface area is 227 Å². The van der Waals surface area contributed by atoms with Gasteiger partial charge in [0.2, 0.25) is 0 Å². The lowest BCUT2D eigenvalue weighted by Gasteiger charge is -2.28. The number of hydrogen-bond donors (Lipinski definition) is 3. The van der Waals surface area contributed by atoms with Crippen LogP contribution in [0.1, 0.15) is 42.0 Å². The molecule has 0 aliphatic carbocycles. The lowest BCUT2D eigenvalue weighted by Crippen LogP contribution is -2.50. The van der Waals surface area contributed by atoms with E-state index in [0.29, 0.717) is 30.8 Å². The van der Waals surface area contributed by atoms with Crippen molar-refractivity contribution < 1.29 is 33.0 Å². The van der Waals surface area contributed by atoms with Crippen LogP contribution < -0.4 is 5.32 Å². The number of thioether (sulfide) groups is 1. The van der Waals surface area contributed by atoms with Crippen LogP contribution in [-0.4, -0.2) is 57.5 Å². The average molecular weight is 569 g/mol. The van der Waals surface area contributed by atoms with Gasteiger partial charge in [0.1, 0.15) is 0 Å². The third kappa shape index (κ3) is 6.72. The van der Waals surface area contributed by atoms with Gasteiger partial charge in [-0.2, -0.15) is 13.2 Å². The number of alkyl halides is 3. The fourth-order valence-corrected chi connectivity index (χ4v) is 6.28. The number of aliphatic hydroxyl groups excluding tert-OH is 2. The summed E-state index contributed by atoms with van der Waals surface area (Å²) in [6.07, 6.45) is -4.38. The van der Waals surface area contributed by atoms with Crippen molar-refractivity contribution in [2.45, 2.75) is 55.4 Å². The van der Waals surface area contributed by atoms with Crippen LogP contribution in [0, 0.1) is 0 Å². The Morgan fingerprint density at radius 3 is 2.63 bits per heavy atom. The SMILES string of the molecule is O=C(NCC1=CCC(Cc2ccccc2C(F)(F)F)S1)[C@H](O)[C@@H](O)C(=O)N1CCC[C@@H]1c1cccc(Cl)c1. The first-order valence-corrected chi connectivity index (χ1v) is 13.5. The lowest BCUT2D eigenvalue weighted by atomic mass is 10.0. The number of aliphatic hydroxyl groups is 2. The molecule has 11 heteroatoms. The molecule has 0 spiro atoms. The highest BCUT2D eigenvalue weighted by atomic mass is 35.5. The summed E-state index contributed by atoms with van der Waals surface area (Å²) >= 11 is 7.43. The second-order valence-electron chi connectivity index (χ2n) is 9.36. The summed E-state index contributed by atoms with van der Waals surface area (Å²) in [6, 6.07) is 12.2. The van der Waals surface area contributed by atoms with Gasteiger partial charge in [0.05, 0.1) is 11.6 Å². The molecule has 204 valence electrons. The predicted octanol–water partition coefficient (Wildman–Crippen LogP) is 4.49. The first-order chi connectivity index (χ1) is 18.0. The molecule has 2 heterocycles. The molecule has 0 saturated carbocycles. The Morgan fingerprint density at radius 2 is 1.89 bits per heavy atom. The van der Waals surface area contributed by atoms with E-state index in [4.69, 9.17) is 11.6 Å². The van der Waals surface area contributed by atoms with Gasteiger partial charge in [-0.25, -0.2) is 0 Å². The first kappa shape index (κ1) is 28.5. The minimum atomic E-state index is -4.43. The number of nitrogens with one attached hydrogen (secondary N) is 1. The third-order valence-electron chi connectivity index (χ3n) is 6.72. The number of allylic oxidation sites excluding steroid dienone is 1. The first-order valence-electron chi connectivity index (χ1n) is 12.2. The van der Waals surface area contributed by atoms with Crippen LogP contribution in [0.5, 0.6) is 0 Å². The molecule has 1 unspecified atom stereocenters. The number of carbonyl (C=O) groups is 2. The van der Waals surface area contributed by atoms with Gasteiger partial charge in [0.25, 0.3) is 11.8 Å². The molecule has 38 heavy (non-hydrogen) atoms. The zero-order valence-corrected chi connectivity index (χ0v) is 21.9. The van der Waals surface area contributed by atoms with E-state index in [1.807, 2.05) is 12.1 Å². The molecule has 4 rings (SSSR count). The largest absolute Gasteiger partial charge is 0.416 e. The Balaban J connectivity index is 1.28. The van der Waals surface area contributed by atoms with Crippen LogP contribution in [0.15, 0.2) is 59.5 Å². The van der Waals surface area contributed by atoms with Gasteiger partial charge in [-0.05, 0) is 55.0 Å². The Hall–Kier alpha value is -2.53. The zero-order valence-electron chi connectivity index (χ0n) is 20.3. The van der Waals surface area contributed by atoms with E-state index < -0.39 is 35.8 Å². The summed E-state index contributed by atoms with van der Waals surface area (Å²) in [5, 5.41) is 23.8. The summed E-state index contributed by atoms with van der Waals surface area (Å²) in [7, 11) is 0. The molecule has 4 atom stereocenters. The Kier molecular flexibility index (Phi) is 9.07. The molecule has 2 aromatic rings. The average Bonchev–Trinajstić information content (AvgIpc) is 3.55. The second kappa shape index (κ2) is 12.1. The monoisotopic (exact) mass is 568 g/mol. The normalized spacial score (nSPS) is 21.2. The summed E-state index contributed by atoms with van der Waals surface area (Å²) in [5.74, 6) is -1.65. The summed E-state index contributed by atoms with van der Waals surface area (Å²) in [5.41, 5.74) is 0.373. The molecular formula is C27H28ClF3N2O4S. The molecule has 2 aromatic carbocycles. The van der Waals surface area contributed by atoms with Crippen molar-refractivity contribution in [3.05, 3.63) is 81.2 Å². The second-order valence-corrected chi connectivity index (χ2v) is 11.2. The fraction of sp³-hybridized carbons (Fsp3) is 0.407. The van der Waals surface area contributed by atoms with Crippen LogP contribution in [0.3, 0.4) is 0 Å². The van der Waals surface area contributed by atoms with E-state index in [0.717, 1.165) is 16.5 Å². The highest BCUT2D eigenvalue weighted by Gasteiger charge is 2.39. The standard InChI is InChI=1S/C27H28ClF3N2O4S/c28-18-7-3-6-17(13-18)22-9-4-12-33(22)26(37)24(35)23(34)25(36)32-15-20-11-10-19(38-20)14-16-5-1-2-8-21(16)27(29,30)31/h1-3,5-8,11,13,19,22-24,34-35H,4,9-10,12,14-15H2,(H,32,36)/t19?,22-,23-,24-/m1/s1. The van der Waals surface area contributed by atoms with E-state index in [1.165, 1.54) is 28.8 Å². The van der Waals surface area contributed by atoms with Crippen LogP contribution in [-0.2, 0) is 22.2 Å². The molecule has 6 nitrogen and oxygen atoms in total. The quantitative estimate of drug-likeness (QED) is 0.437. The Morgan fingerprint density at radius 1 is 1.13 bits per heavy atom. The molecular weight excluding hydrogens is 541 g/mol. The number of amides is 2. The van der Waals surface area contributed by atoms with Gasteiger partial charge in [-0.1, -0.05) is 48.0 Å². The lowest BCUT2D eigenvalue weighted by molar-refractivity contribution is -0.153. The van der Waals surface area contributed by atoms with Gasteiger partial charge in [0, 0.05) is 28.3 Å². The highest BCUT2D eigenvalue weighted by molar-refractivity contribution is 8.03. The van der Waals surface area contributed by atoms with Gasteiger partial charge in [0.15, 0.2) is 12.2 Å². The van der Waals surface area contributed by atoms with Crippen molar-refractivity contribution in [2.24, 2.45) is 0 Å². The van der Waals surface area contributed by atoms with Crippen LogP contribution in [0.4, 0.5) is 13.2 Å². The van der Waals surface area contributed by atoms with E-state index in [-0.39, 0.29) is 29.8 Å². The number of hydrogen-bond acceptors (Lipinski definition) is 5. The molecule has 2 amide bonds. The maximum absolute atomic E-state index is 13.3. The van der Waals surface area contributed by atoms with E-state index in [2.05, 4.69) is 5.32 Å². The van der Waals surface area contributed by atoms with Crippen LogP contribution in [0.25, 0.3) is 0 Å². The summed E-state index contributed by atoms with van der Waals surface area (Å²) in [6.45, 7) is 0.414. The van der Waals surface area contributed by atoms with Crippen molar-refractivity contribution in [3.8, 4) is 0 Å².